The Kier molecular flexibility index (Phi) is 14.6. The van der Waals surface area contributed by atoms with Crippen LogP contribution >= 0.6 is 0 Å². The minimum atomic E-state index is -3.24. The van der Waals surface area contributed by atoms with Gasteiger partial charge in [0.1, 0.15) is 0 Å². The van der Waals surface area contributed by atoms with E-state index in [2.05, 4.69) is 9.47 Å². The summed E-state index contributed by atoms with van der Waals surface area (Å²) >= 11 is 0. The van der Waals surface area contributed by atoms with E-state index >= 15 is 0 Å². The van der Waals surface area contributed by atoms with Crippen LogP contribution in [0.2, 0.25) is 0 Å². The molecule has 160 valence electrons. The van der Waals surface area contributed by atoms with Crippen molar-refractivity contribution in [2.75, 3.05) is 0 Å². The monoisotopic (exact) mass is 458 g/mol. The van der Waals surface area contributed by atoms with Gasteiger partial charge in [0.05, 0.1) is 25.7 Å². The maximum atomic E-state index is 11.9. The molecule has 30 heavy (non-hydrogen) atoms. The summed E-state index contributed by atoms with van der Waals surface area (Å²) in [6.45, 7) is 0. The summed E-state index contributed by atoms with van der Waals surface area (Å²) < 4.78 is 8.44. The van der Waals surface area contributed by atoms with Crippen LogP contribution in [0.4, 0.5) is 4.79 Å². The predicted octanol–water partition coefficient (Wildman–Crippen LogP) is -7.08. The molecule has 0 spiro atoms. The van der Waals surface area contributed by atoms with Crippen molar-refractivity contribution >= 4 is 42.0 Å². The molecular weight excluding hydrogens is 442 g/mol. The first-order valence-electron chi connectivity index (χ1n) is 6.92. The largest absolute Gasteiger partial charge is 1.00 e. The number of hydrogen-bond acceptors (Lipinski definition) is 9. The van der Waals surface area contributed by atoms with E-state index in [0.717, 1.165) is 0 Å². The van der Waals surface area contributed by atoms with Gasteiger partial charge in [0, 0.05) is 0 Å². The van der Waals surface area contributed by atoms with Crippen molar-refractivity contribution in [3.8, 4) is 0 Å². The number of carboxylic acids is 6. The Balaban J connectivity index is -0.000000607. The molecule has 0 aliphatic heterocycles. The van der Waals surface area contributed by atoms with Gasteiger partial charge in [-0.05, 0) is 0 Å². The number of carbonyl (C=O) groups excluding carboxylic acids is 1. The average molecular weight is 458 g/mol. The Morgan fingerprint density at radius 2 is 0.733 bits per heavy atom. The topological polar surface area (TPSA) is 259 Å². The summed E-state index contributed by atoms with van der Waals surface area (Å²) in [5.74, 6) is -12.2. The van der Waals surface area contributed by atoms with Crippen molar-refractivity contribution < 1.29 is 136 Å². The quantitative estimate of drug-likeness (QED) is 0.117. The van der Waals surface area contributed by atoms with E-state index in [-0.39, 0.29) is 62.0 Å². The minimum absolute atomic E-state index is 0. The standard InChI is InChI=1S/C13H14O15.2Na.2H/c14-5(15)1-12(9(22)23,2-6(16)17)27-11(26)28-13(10(24)25,3-7(18)19)4-8(20)21;;;;/h1-4H2,(H,14,15)(H,16,17)(H,18,19)(H,20,21)(H,22,23)(H,24,25);;;;/q;2*+1;2*-1. The predicted molar refractivity (Wildman–Crippen MR) is 79.5 cm³/mol. The molecule has 17 heteroatoms. The zero-order valence-corrected chi connectivity index (χ0v) is 19.7. The Bertz CT molecular complexity index is 636. The maximum absolute atomic E-state index is 11.9. The number of rotatable bonds is 12. The first kappa shape index (κ1) is 32.7. The summed E-state index contributed by atoms with van der Waals surface area (Å²) in [4.78, 5) is 77.8. The van der Waals surface area contributed by atoms with Gasteiger partial charge < -0.3 is 43.0 Å². The molecule has 0 saturated heterocycles. The summed E-state index contributed by atoms with van der Waals surface area (Å²) in [6.07, 6.45) is -8.62. The van der Waals surface area contributed by atoms with E-state index in [1.807, 2.05) is 0 Å². The molecule has 0 aliphatic carbocycles. The van der Waals surface area contributed by atoms with Gasteiger partial charge in [0.2, 0.25) is 11.2 Å². The molecule has 0 saturated carbocycles. The van der Waals surface area contributed by atoms with E-state index in [1.54, 1.807) is 0 Å². The molecule has 0 aliphatic rings. The van der Waals surface area contributed by atoms with Crippen LogP contribution in [0.15, 0.2) is 0 Å². The van der Waals surface area contributed by atoms with E-state index in [1.165, 1.54) is 0 Å². The molecule has 6 N–H and O–H groups in total. The van der Waals surface area contributed by atoms with Crippen molar-refractivity contribution in [3.63, 3.8) is 0 Å². The van der Waals surface area contributed by atoms with Crippen LogP contribution in [0.5, 0.6) is 0 Å². The van der Waals surface area contributed by atoms with Crippen LogP contribution < -0.4 is 59.1 Å². The molecule has 0 radical (unpaired) electrons. The normalized spacial score (nSPS) is 10.4. The van der Waals surface area contributed by atoms with Crippen LogP contribution in [-0.4, -0.2) is 83.8 Å². The number of aliphatic carboxylic acids is 6. The van der Waals surface area contributed by atoms with Gasteiger partial charge in [-0.3, -0.25) is 19.2 Å². The average Bonchev–Trinajstić information content (AvgIpc) is 2.42. The smallest absolute Gasteiger partial charge is 1.00 e. The zero-order chi connectivity index (χ0) is 22.3. The van der Waals surface area contributed by atoms with Gasteiger partial charge in [0.15, 0.2) is 0 Å². The Hall–Kier alpha value is -1.91. The van der Waals surface area contributed by atoms with Gasteiger partial charge in [0.25, 0.3) is 0 Å². The van der Waals surface area contributed by atoms with Gasteiger partial charge >= 0.3 is 101 Å². The number of ether oxygens (including phenoxy) is 2. The third-order valence-corrected chi connectivity index (χ3v) is 3.08. The molecule has 0 amide bonds. The van der Waals surface area contributed by atoms with Crippen molar-refractivity contribution in [1.29, 1.82) is 0 Å². The van der Waals surface area contributed by atoms with Gasteiger partial charge in [-0.2, -0.15) is 0 Å². The van der Waals surface area contributed by atoms with E-state index < -0.39 is 78.9 Å². The van der Waals surface area contributed by atoms with Gasteiger partial charge in [-0.15, -0.1) is 0 Å². The van der Waals surface area contributed by atoms with Crippen molar-refractivity contribution in [3.05, 3.63) is 0 Å². The molecule has 0 unspecified atom stereocenters. The van der Waals surface area contributed by atoms with E-state index in [9.17, 15) is 33.6 Å². The van der Waals surface area contributed by atoms with Gasteiger partial charge in [-0.1, -0.05) is 0 Å². The van der Waals surface area contributed by atoms with Crippen LogP contribution in [-0.2, 0) is 38.2 Å². The zero-order valence-electron chi connectivity index (χ0n) is 17.7. The third kappa shape index (κ3) is 10.2. The molecule has 0 rings (SSSR count). The van der Waals surface area contributed by atoms with Crippen LogP contribution in [0, 0.1) is 0 Å². The molecule has 0 aromatic heterocycles. The number of hydrogen-bond donors (Lipinski definition) is 6. The van der Waals surface area contributed by atoms with Crippen LogP contribution in [0.25, 0.3) is 0 Å². The molecule has 0 aromatic carbocycles. The summed E-state index contributed by atoms with van der Waals surface area (Å²) in [6, 6.07) is 0. The number of carboxylic acid groups (broad SMARTS) is 6. The Morgan fingerprint density at radius 3 is 0.867 bits per heavy atom. The fraction of sp³-hybridized carbons (Fsp3) is 0.462. The van der Waals surface area contributed by atoms with Crippen molar-refractivity contribution in [2.24, 2.45) is 0 Å². The third-order valence-electron chi connectivity index (χ3n) is 3.08. The van der Waals surface area contributed by atoms with Gasteiger partial charge in [-0.25, -0.2) is 14.4 Å². The van der Waals surface area contributed by atoms with Crippen molar-refractivity contribution in [2.45, 2.75) is 36.9 Å². The number of carbonyl (C=O) groups is 7. The maximum Gasteiger partial charge on any atom is 1.00 e. The molecule has 0 atom stereocenters. The van der Waals surface area contributed by atoms with Crippen LogP contribution in [0.1, 0.15) is 28.5 Å². The second-order valence-corrected chi connectivity index (χ2v) is 5.34. The summed E-state index contributed by atoms with van der Waals surface area (Å²) in [5, 5.41) is 53.2. The molecule has 0 bridgehead atoms. The second kappa shape index (κ2) is 13.4. The Labute approximate surface area is 213 Å². The molecule has 0 fully saturated rings. The molecular formula is C13H16Na2O15. The molecule has 15 nitrogen and oxygen atoms in total. The summed E-state index contributed by atoms with van der Waals surface area (Å²) in [7, 11) is 0. The fourth-order valence-corrected chi connectivity index (χ4v) is 1.98. The van der Waals surface area contributed by atoms with Crippen LogP contribution in [0.3, 0.4) is 0 Å². The first-order chi connectivity index (χ1) is 12.7. The Morgan fingerprint density at radius 1 is 0.533 bits per heavy atom. The van der Waals surface area contributed by atoms with Crippen molar-refractivity contribution in [1.82, 2.24) is 0 Å². The van der Waals surface area contributed by atoms with E-state index in [0.29, 0.717) is 0 Å². The SMILES string of the molecule is O=C(O)CC(CC(=O)O)(OC(=O)OC(CC(=O)O)(CC(=O)O)C(=O)O)C(=O)O.[H-].[H-].[Na+].[Na+]. The summed E-state index contributed by atoms with van der Waals surface area (Å²) in [5.41, 5.74) is -6.49. The first-order valence-corrected chi connectivity index (χ1v) is 6.92. The minimum Gasteiger partial charge on any atom is -1.00 e. The fourth-order valence-electron chi connectivity index (χ4n) is 1.98. The molecule has 0 heterocycles. The molecule has 0 aromatic rings. The van der Waals surface area contributed by atoms with E-state index in [4.69, 9.17) is 30.6 Å². The second-order valence-electron chi connectivity index (χ2n) is 5.34.